The van der Waals surface area contributed by atoms with E-state index in [0.29, 0.717) is 11.0 Å². The van der Waals surface area contributed by atoms with Gasteiger partial charge in [0.25, 0.3) is 0 Å². The summed E-state index contributed by atoms with van der Waals surface area (Å²) < 4.78 is 13.8. The Morgan fingerprint density at radius 2 is 2.12 bits per heavy atom. The second-order valence-electron chi connectivity index (χ2n) is 5.80. The summed E-state index contributed by atoms with van der Waals surface area (Å²) in [7, 11) is 0. The Morgan fingerprint density at radius 3 is 2.65 bits per heavy atom. The van der Waals surface area contributed by atoms with Gasteiger partial charge in [0.1, 0.15) is 5.82 Å². The van der Waals surface area contributed by atoms with Crippen LogP contribution in [0.1, 0.15) is 38.8 Å². The molecule has 0 aliphatic carbocycles. The highest BCUT2D eigenvalue weighted by Crippen LogP contribution is 2.36. The summed E-state index contributed by atoms with van der Waals surface area (Å²) in [5.41, 5.74) is 7.80. The van der Waals surface area contributed by atoms with Crippen LogP contribution in [0.15, 0.2) is 18.2 Å². The van der Waals surface area contributed by atoms with Crippen LogP contribution in [-0.2, 0) is 0 Å². The predicted octanol–water partition coefficient (Wildman–Crippen LogP) is 3.08. The molecule has 0 amide bonds. The summed E-state index contributed by atoms with van der Waals surface area (Å²) in [5.74, 6) is -0.192. The molecule has 1 aliphatic rings. The van der Waals surface area contributed by atoms with Crippen molar-refractivity contribution in [2.24, 2.45) is 11.1 Å². The van der Waals surface area contributed by atoms with Gasteiger partial charge in [0, 0.05) is 30.4 Å². The van der Waals surface area contributed by atoms with Crippen LogP contribution in [0, 0.1) is 11.2 Å². The first-order chi connectivity index (χ1) is 7.91. The topological polar surface area (TPSA) is 29.3 Å². The summed E-state index contributed by atoms with van der Waals surface area (Å²) in [5, 5.41) is 0. The Bertz CT molecular complexity index is 413. The Labute approximate surface area is 103 Å². The third-order valence-electron chi connectivity index (χ3n) is 3.50. The molecule has 0 aromatic heterocycles. The van der Waals surface area contributed by atoms with Crippen molar-refractivity contribution in [3.8, 4) is 0 Å². The van der Waals surface area contributed by atoms with Gasteiger partial charge in [-0.1, -0.05) is 19.9 Å². The lowest BCUT2D eigenvalue weighted by Crippen LogP contribution is -2.25. The van der Waals surface area contributed by atoms with Crippen molar-refractivity contribution in [3.05, 3.63) is 29.6 Å². The van der Waals surface area contributed by atoms with Crippen LogP contribution < -0.4 is 10.6 Å². The molecule has 0 radical (unpaired) electrons. The fourth-order valence-corrected chi connectivity index (χ4v) is 2.57. The molecule has 1 aromatic rings. The molecule has 1 fully saturated rings. The van der Waals surface area contributed by atoms with E-state index in [1.807, 2.05) is 13.0 Å². The van der Waals surface area contributed by atoms with Crippen molar-refractivity contribution < 1.29 is 4.39 Å². The number of nitrogens with two attached hydrogens (primary N) is 1. The third-order valence-corrected chi connectivity index (χ3v) is 3.50. The molecule has 17 heavy (non-hydrogen) atoms. The molecule has 0 spiro atoms. The number of benzene rings is 1. The van der Waals surface area contributed by atoms with E-state index in [4.69, 9.17) is 5.73 Å². The largest absolute Gasteiger partial charge is 0.371 e. The standard InChI is InChI=1S/C14H21FN2/c1-10(16)13-11(15)5-4-6-12(13)17-8-7-14(2,3)9-17/h4-6,10H,7-9,16H2,1-3H3/t10-/m1/s1. The summed E-state index contributed by atoms with van der Waals surface area (Å²) in [6.07, 6.45) is 1.14. The minimum Gasteiger partial charge on any atom is -0.371 e. The van der Waals surface area contributed by atoms with Crippen LogP contribution in [0.5, 0.6) is 0 Å². The van der Waals surface area contributed by atoms with Crippen molar-refractivity contribution in [2.75, 3.05) is 18.0 Å². The highest BCUT2D eigenvalue weighted by atomic mass is 19.1. The van der Waals surface area contributed by atoms with Crippen LogP contribution >= 0.6 is 0 Å². The van der Waals surface area contributed by atoms with Crippen molar-refractivity contribution in [2.45, 2.75) is 33.2 Å². The molecule has 1 atom stereocenters. The monoisotopic (exact) mass is 236 g/mol. The number of rotatable bonds is 2. The van der Waals surface area contributed by atoms with E-state index < -0.39 is 0 Å². The maximum Gasteiger partial charge on any atom is 0.130 e. The van der Waals surface area contributed by atoms with E-state index in [-0.39, 0.29) is 11.9 Å². The van der Waals surface area contributed by atoms with Gasteiger partial charge >= 0.3 is 0 Å². The zero-order valence-corrected chi connectivity index (χ0v) is 10.8. The highest BCUT2D eigenvalue weighted by Gasteiger charge is 2.31. The van der Waals surface area contributed by atoms with Gasteiger partial charge in [-0.25, -0.2) is 4.39 Å². The Kier molecular flexibility index (Phi) is 3.13. The molecule has 1 aromatic carbocycles. The van der Waals surface area contributed by atoms with E-state index >= 15 is 0 Å². The Morgan fingerprint density at radius 1 is 1.41 bits per heavy atom. The van der Waals surface area contributed by atoms with Crippen LogP contribution in [0.4, 0.5) is 10.1 Å². The summed E-state index contributed by atoms with van der Waals surface area (Å²) >= 11 is 0. The van der Waals surface area contributed by atoms with Crippen LogP contribution in [-0.4, -0.2) is 13.1 Å². The maximum atomic E-state index is 13.8. The molecule has 1 saturated heterocycles. The average Bonchev–Trinajstić information content (AvgIpc) is 2.57. The average molecular weight is 236 g/mol. The van der Waals surface area contributed by atoms with Crippen LogP contribution in [0.25, 0.3) is 0 Å². The second-order valence-corrected chi connectivity index (χ2v) is 5.80. The van der Waals surface area contributed by atoms with Crippen LogP contribution in [0.3, 0.4) is 0 Å². The van der Waals surface area contributed by atoms with Crippen molar-refractivity contribution in [1.29, 1.82) is 0 Å². The van der Waals surface area contributed by atoms with Gasteiger partial charge in [-0.2, -0.15) is 0 Å². The zero-order valence-electron chi connectivity index (χ0n) is 10.8. The zero-order chi connectivity index (χ0) is 12.6. The SMILES string of the molecule is C[C@@H](N)c1c(F)cccc1N1CCC(C)(C)C1. The molecule has 0 unspecified atom stereocenters. The normalized spacial score (nSPS) is 20.6. The molecular weight excluding hydrogens is 215 g/mol. The first-order valence-electron chi connectivity index (χ1n) is 6.20. The van der Waals surface area contributed by atoms with Crippen molar-refractivity contribution in [1.82, 2.24) is 0 Å². The van der Waals surface area contributed by atoms with Crippen molar-refractivity contribution >= 4 is 5.69 Å². The second kappa shape index (κ2) is 4.30. The third kappa shape index (κ3) is 2.44. The quantitative estimate of drug-likeness (QED) is 0.855. The van der Waals surface area contributed by atoms with Gasteiger partial charge in [-0.05, 0) is 30.9 Å². The van der Waals surface area contributed by atoms with Gasteiger partial charge in [0.2, 0.25) is 0 Å². The van der Waals surface area contributed by atoms with E-state index in [1.165, 1.54) is 6.07 Å². The highest BCUT2D eigenvalue weighted by molar-refractivity contribution is 5.56. The molecule has 94 valence electrons. The fraction of sp³-hybridized carbons (Fsp3) is 0.571. The first-order valence-corrected chi connectivity index (χ1v) is 6.20. The molecule has 0 bridgehead atoms. The van der Waals surface area contributed by atoms with Gasteiger partial charge in [0.15, 0.2) is 0 Å². The number of hydrogen-bond acceptors (Lipinski definition) is 2. The van der Waals surface area contributed by atoms with E-state index in [0.717, 1.165) is 25.2 Å². The minimum absolute atomic E-state index is 0.192. The molecule has 2 rings (SSSR count). The molecule has 2 N–H and O–H groups in total. The Balaban J connectivity index is 2.36. The predicted molar refractivity (Wildman–Crippen MR) is 69.6 cm³/mol. The lowest BCUT2D eigenvalue weighted by molar-refractivity contribution is 0.418. The molecule has 2 nitrogen and oxygen atoms in total. The van der Waals surface area contributed by atoms with Gasteiger partial charge < -0.3 is 10.6 Å². The van der Waals surface area contributed by atoms with E-state index in [9.17, 15) is 4.39 Å². The lowest BCUT2D eigenvalue weighted by Gasteiger charge is -2.25. The molecule has 0 saturated carbocycles. The molecule has 3 heteroatoms. The lowest BCUT2D eigenvalue weighted by atomic mass is 9.93. The summed E-state index contributed by atoms with van der Waals surface area (Å²) in [6.45, 7) is 8.28. The number of nitrogens with zero attached hydrogens (tertiary/aromatic N) is 1. The number of anilines is 1. The van der Waals surface area contributed by atoms with Gasteiger partial charge in [-0.15, -0.1) is 0 Å². The first kappa shape index (κ1) is 12.4. The van der Waals surface area contributed by atoms with Gasteiger partial charge in [0.05, 0.1) is 0 Å². The Hall–Kier alpha value is -1.09. The maximum absolute atomic E-state index is 13.8. The summed E-state index contributed by atoms with van der Waals surface area (Å²) in [6, 6.07) is 4.96. The van der Waals surface area contributed by atoms with Gasteiger partial charge in [-0.3, -0.25) is 0 Å². The minimum atomic E-state index is -0.269. The van der Waals surface area contributed by atoms with E-state index in [2.05, 4.69) is 18.7 Å². The number of hydrogen-bond donors (Lipinski definition) is 1. The van der Waals surface area contributed by atoms with Crippen LogP contribution in [0.2, 0.25) is 0 Å². The molecule has 1 aliphatic heterocycles. The summed E-state index contributed by atoms with van der Waals surface area (Å²) in [4.78, 5) is 2.25. The molecule has 1 heterocycles. The smallest absolute Gasteiger partial charge is 0.130 e. The molecular formula is C14H21FN2. The number of halogens is 1. The van der Waals surface area contributed by atoms with Crippen molar-refractivity contribution in [3.63, 3.8) is 0 Å². The fourth-order valence-electron chi connectivity index (χ4n) is 2.57. The van der Waals surface area contributed by atoms with E-state index in [1.54, 1.807) is 6.07 Å².